The monoisotopic (exact) mass is 685 g/mol. The van der Waals surface area contributed by atoms with E-state index < -0.39 is 30.3 Å². The number of pyridine rings is 1. The highest BCUT2D eigenvalue weighted by molar-refractivity contribution is 5.89. The topological polar surface area (TPSA) is 184 Å². The minimum Gasteiger partial charge on any atom is -0.475 e. The van der Waals surface area contributed by atoms with E-state index >= 15 is 0 Å². The van der Waals surface area contributed by atoms with Crippen molar-refractivity contribution in [2.45, 2.75) is 57.2 Å². The average molecular weight is 686 g/mol. The summed E-state index contributed by atoms with van der Waals surface area (Å²) in [5.74, 6) is -5.23. The van der Waals surface area contributed by atoms with Gasteiger partial charge in [0, 0.05) is 18.8 Å². The predicted octanol–water partition coefficient (Wildman–Crippen LogP) is 4.17. The van der Waals surface area contributed by atoms with Crippen LogP contribution in [0.5, 0.6) is 0 Å². The Balaban J connectivity index is 0.000000479. The van der Waals surface area contributed by atoms with Crippen molar-refractivity contribution in [3.05, 3.63) is 83.6 Å². The third-order valence-corrected chi connectivity index (χ3v) is 6.82. The number of rotatable bonds is 7. The Morgan fingerprint density at radius 1 is 0.917 bits per heavy atom. The van der Waals surface area contributed by atoms with E-state index in [4.69, 9.17) is 25.5 Å². The first-order chi connectivity index (χ1) is 22.3. The molecule has 2 aromatic carbocycles. The normalized spacial score (nSPS) is 16.2. The maximum absolute atomic E-state index is 12.8. The summed E-state index contributed by atoms with van der Waals surface area (Å²) in [5, 5.41) is 23.3. The summed E-state index contributed by atoms with van der Waals surface area (Å²) in [7, 11) is 0. The number of aliphatic carboxylic acids is 2. The number of amides is 2. The molecule has 0 radical (unpaired) electrons. The fourth-order valence-corrected chi connectivity index (χ4v) is 4.30. The van der Waals surface area contributed by atoms with Gasteiger partial charge < -0.3 is 31.9 Å². The molecule has 1 saturated heterocycles. The molecule has 1 aromatic heterocycles. The lowest BCUT2D eigenvalue weighted by Gasteiger charge is -2.18. The number of hydrogen-bond donors (Lipinski definition) is 6. The number of carboxylic acid groups (broad SMARTS) is 2. The van der Waals surface area contributed by atoms with Gasteiger partial charge in [0.1, 0.15) is 11.9 Å². The smallest absolute Gasteiger partial charge is 0.475 e. The van der Waals surface area contributed by atoms with Gasteiger partial charge in [0.25, 0.3) is 0 Å². The largest absolute Gasteiger partial charge is 0.490 e. The Kier molecular flexibility index (Phi) is 13.9. The maximum atomic E-state index is 12.8. The number of carbonyl (C=O) groups is 4. The van der Waals surface area contributed by atoms with Crippen LogP contribution < -0.4 is 21.7 Å². The van der Waals surface area contributed by atoms with E-state index in [1.165, 1.54) is 16.7 Å². The zero-order valence-electron chi connectivity index (χ0n) is 25.5. The molecule has 1 aliphatic heterocycles. The van der Waals surface area contributed by atoms with Gasteiger partial charge in [0.2, 0.25) is 11.8 Å². The van der Waals surface area contributed by atoms with E-state index in [-0.39, 0.29) is 23.8 Å². The number of nitrogen functional groups attached to an aromatic ring is 1. The van der Waals surface area contributed by atoms with Crippen molar-refractivity contribution >= 4 is 29.6 Å². The first-order valence-corrected chi connectivity index (χ1v) is 14.1. The minimum absolute atomic E-state index is 0.158. The molecule has 3 atom stereocenters. The molecule has 0 spiro atoms. The molecule has 2 heterocycles. The zero-order chi connectivity index (χ0) is 36.2. The number of aromatic nitrogens is 1. The molecule has 11 nitrogen and oxygen atoms in total. The Bertz CT molecular complexity index is 1550. The van der Waals surface area contributed by atoms with Crippen molar-refractivity contribution in [2.75, 3.05) is 12.3 Å². The van der Waals surface area contributed by atoms with Crippen LogP contribution in [-0.2, 0) is 25.7 Å². The molecule has 1 aliphatic rings. The summed E-state index contributed by atoms with van der Waals surface area (Å²) in [6, 6.07) is 21.3. The second-order valence-electron chi connectivity index (χ2n) is 10.4. The first kappa shape index (κ1) is 39.0. The summed E-state index contributed by atoms with van der Waals surface area (Å²) in [4.78, 5) is 47.3. The van der Waals surface area contributed by atoms with Crippen LogP contribution in [0, 0.1) is 6.92 Å². The van der Waals surface area contributed by atoms with Crippen molar-refractivity contribution in [3.63, 3.8) is 0 Å². The molecule has 0 aliphatic carbocycles. The highest BCUT2D eigenvalue weighted by Gasteiger charge is 2.39. The van der Waals surface area contributed by atoms with Gasteiger partial charge in [-0.3, -0.25) is 9.59 Å². The molecular weight excluding hydrogens is 652 g/mol. The zero-order valence-corrected chi connectivity index (χ0v) is 25.5. The Hall–Kier alpha value is -5.19. The van der Waals surface area contributed by atoms with E-state index in [1.807, 2.05) is 31.2 Å². The molecule has 3 aromatic rings. The third kappa shape index (κ3) is 12.5. The number of carboxylic acids is 2. The molecule has 17 heteroatoms. The lowest BCUT2D eigenvalue weighted by molar-refractivity contribution is -0.193. The van der Waals surface area contributed by atoms with Crippen molar-refractivity contribution < 1.29 is 55.7 Å². The summed E-state index contributed by atoms with van der Waals surface area (Å²) in [6.45, 7) is 4.60. The second kappa shape index (κ2) is 17.1. The molecule has 260 valence electrons. The number of aryl methyl sites for hydroxylation is 1. The van der Waals surface area contributed by atoms with Crippen LogP contribution in [0.4, 0.5) is 32.2 Å². The van der Waals surface area contributed by atoms with Gasteiger partial charge in [-0.2, -0.15) is 26.3 Å². The van der Waals surface area contributed by atoms with E-state index in [2.05, 4.69) is 57.3 Å². The summed E-state index contributed by atoms with van der Waals surface area (Å²) < 4.78 is 63.5. The summed E-state index contributed by atoms with van der Waals surface area (Å²) >= 11 is 0. The average Bonchev–Trinajstić information content (AvgIpc) is 3.51. The molecule has 7 N–H and O–H groups in total. The SMILES string of the molecule is Cc1nc(N)ccc1CNC(=O)[C@H](C)NC(=O)[C@H]1C[C@H](c2cccc(-c3ccccc3)c2)CN1.O=C(O)C(F)(F)F.O=C(O)C(F)(F)F. The number of nitrogens with two attached hydrogens (primary N) is 1. The molecule has 0 saturated carbocycles. The first-order valence-electron chi connectivity index (χ1n) is 14.1. The number of carbonyl (C=O) groups excluding carboxylic acids is 2. The number of hydrogen-bond acceptors (Lipinski definition) is 7. The summed E-state index contributed by atoms with van der Waals surface area (Å²) in [6.07, 6.45) is -9.48. The Labute approximate surface area is 270 Å². The standard InChI is InChI=1S/C27H31N5O2.2C2HF3O2/c1-17-22(11-12-25(28)31-17)15-30-26(33)18(2)32-27(34)24-14-23(16-29-24)21-10-6-9-20(13-21)19-7-4-3-5-8-19;2*3-2(4,5)1(6)7/h3-13,18,23-24,29H,14-16H2,1-2H3,(H2,28,31)(H,30,33)(H,32,34);2*(H,6,7)/t18-,23-,24+;;/m0../s1. The second-order valence-corrected chi connectivity index (χ2v) is 10.4. The number of anilines is 1. The quantitative estimate of drug-likeness (QED) is 0.199. The van der Waals surface area contributed by atoms with Gasteiger partial charge in [-0.25, -0.2) is 14.6 Å². The Morgan fingerprint density at radius 3 is 2.02 bits per heavy atom. The highest BCUT2D eigenvalue weighted by atomic mass is 19.4. The van der Waals surface area contributed by atoms with Crippen LogP contribution in [0.1, 0.15) is 36.1 Å². The number of alkyl halides is 6. The van der Waals surface area contributed by atoms with Crippen molar-refractivity contribution in [1.82, 2.24) is 20.9 Å². The summed E-state index contributed by atoms with van der Waals surface area (Å²) in [5.41, 5.74) is 10.9. The molecule has 48 heavy (non-hydrogen) atoms. The van der Waals surface area contributed by atoms with Crippen LogP contribution in [0.2, 0.25) is 0 Å². The van der Waals surface area contributed by atoms with Crippen molar-refractivity contribution in [2.24, 2.45) is 0 Å². The number of nitrogens with one attached hydrogen (secondary N) is 3. The van der Waals surface area contributed by atoms with Crippen LogP contribution in [0.15, 0.2) is 66.7 Å². The van der Waals surface area contributed by atoms with Gasteiger partial charge in [-0.1, -0.05) is 60.7 Å². The minimum atomic E-state index is -5.08. The van der Waals surface area contributed by atoms with Gasteiger partial charge in [-0.15, -0.1) is 0 Å². The molecule has 0 bridgehead atoms. The van der Waals surface area contributed by atoms with E-state index in [0.29, 0.717) is 18.8 Å². The van der Waals surface area contributed by atoms with Crippen molar-refractivity contribution in [1.29, 1.82) is 0 Å². The molecule has 4 rings (SSSR count). The van der Waals surface area contributed by atoms with Gasteiger partial charge in [0.15, 0.2) is 0 Å². The fourth-order valence-electron chi connectivity index (χ4n) is 4.30. The predicted molar refractivity (Wildman–Crippen MR) is 161 cm³/mol. The third-order valence-electron chi connectivity index (χ3n) is 6.82. The van der Waals surface area contributed by atoms with Gasteiger partial charge >= 0.3 is 24.3 Å². The lowest BCUT2D eigenvalue weighted by Crippen LogP contribution is -2.50. The van der Waals surface area contributed by atoms with E-state index in [0.717, 1.165) is 17.8 Å². The lowest BCUT2D eigenvalue weighted by atomic mass is 9.93. The fraction of sp³-hybridized carbons (Fsp3) is 0.323. The highest BCUT2D eigenvalue weighted by Crippen LogP contribution is 2.29. The van der Waals surface area contributed by atoms with Gasteiger partial charge in [0.05, 0.1) is 6.04 Å². The van der Waals surface area contributed by atoms with Crippen LogP contribution in [0.3, 0.4) is 0 Å². The molecule has 0 unspecified atom stereocenters. The van der Waals surface area contributed by atoms with Crippen LogP contribution in [0.25, 0.3) is 11.1 Å². The Morgan fingerprint density at radius 2 is 1.48 bits per heavy atom. The number of halogens is 6. The number of nitrogens with zero attached hydrogens (tertiary/aromatic N) is 1. The van der Waals surface area contributed by atoms with Crippen LogP contribution in [-0.4, -0.2) is 69.9 Å². The molecular formula is C31H33F6N5O6. The number of benzene rings is 2. The maximum Gasteiger partial charge on any atom is 0.490 e. The van der Waals surface area contributed by atoms with Gasteiger partial charge in [-0.05, 0) is 54.5 Å². The van der Waals surface area contributed by atoms with E-state index in [9.17, 15) is 35.9 Å². The van der Waals surface area contributed by atoms with E-state index in [1.54, 1.807) is 13.0 Å². The van der Waals surface area contributed by atoms with Crippen LogP contribution >= 0.6 is 0 Å². The molecule has 1 fully saturated rings. The molecule has 2 amide bonds. The van der Waals surface area contributed by atoms with Crippen molar-refractivity contribution in [3.8, 4) is 11.1 Å².